The average Bonchev–Trinajstić information content (AvgIpc) is 2.15. The van der Waals surface area contributed by atoms with Crippen molar-refractivity contribution >= 4 is 21.7 Å². The SMILES string of the molecule is CC(C)(C)c1cccc(OS(=O)(=O)CCCl)c1. The first-order valence-electron chi connectivity index (χ1n) is 5.33. The van der Waals surface area contributed by atoms with Gasteiger partial charge in [0.1, 0.15) is 5.75 Å². The van der Waals surface area contributed by atoms with Crippen LogP contribution in [0.2, 0.25) is 0 Å². The Labute approximate surface area is 108 Å². The third kappa shape index (κ3) is 4.56. The summed E-state index contributed by atoms with van der Waals surface area (Å²) in [6, 6.07) is 7.10. The van der Waals surface area contributed by atoms with Crippen LogP contribution in [0, 0.1) is 0 Å². The zero-order valence-electron chi connectivity index (χ0n) is 10.2. The second kappa shape index (κ2) is 5.27. The first kappa shape index (κ1) is 14.3. The molecule has 3 nitrogen and oxygen atoms in total. The molecule has 0 unspecified atom stereocenters. The van der Waals surface area contributed by atoms with Crippen LogP contribution in [0.25, 0.3) is 0 Å². The topological polar surface area (TPSA) is 43.4 Å². The normalized spacial score (nSPS) is 12.5. The third-order valence-electron chi connectivity index (χ3n) is 2.25. The molecule has 0 aromatic heterocycles. The highest BCUT2D eigenvalue weighted by molar-refractivity contribution is 7.87. The molecule has 0 bridgehead atoms. The van der Waals surface area contributed by atoms with Crippen LogP contribution < -0.4 is 4.18 Å². The molecule has 0 atom stereocenters. The summed E-state index contributed by atoms with van der Waals surface area (Å²) in [7, 11) is -3.58. The number of hydrogen-bond donors (Lipinski definition) is 0. The maximum atomic E-state index is 11.5. The summed E-state index contributed by atoms with van der Waals surface area (Å²) in [5.74, 6) is 0.179. The second-order valence-corrected chi connectivity index (χ2v) is 6.88. The molecular weight excluding hydrogens is 260 g/mol. The predicted octanol–water partition coefficient (Wildman–Crippen LogP) is 2.93. The maximum Gasteiger partial charge on any atom is 0.310 e. The van der Waals surface area contributed by atoms with Gasteiger partial charge in [0, 0.05) is 5.88 Å². The molecule has 0 amide bonds. The molecule has 96 valence electrons. The van der Waals surface area contributed by atoms with E-state index in [2.05, 4.69) is 20.8 Å². The van der Waals surface area contributed by atoms with Crippen LogP contribution in [0.3, 0.4) is 0 Å². The van der Waals surface area contributed by atoms with Gasteiger partial charge in [0.15, 0.2) is 0 Å². The Morgan fingerprint density at radius 3 is 2.47 bits per heavy atom. The van der Waals surface area contributed by atoms with E-state index in [4.69, 9.17) is 15.8 Å². The van der Waals surface area contributed by atoms with E-state index in [0.29, 0.717) is 5.75 Å². The number of benzene rings is 1. The molecule has 0 aliphatic heterocycles. The van der Waals surface area contributed by atoms with E-state index in [-0.39, 0.29) is 17.0 Å². The minimum absolute atomic E-state index is 0.0291. The van der Waals surface area contributed by atoms with Gasteiger partial charge in [-0.1, -0.05) is 32.9 Å². The zero-order valence-corrected chi connectivity index (χ0v) is 11.8. The molecule has 0 fully saturated rings. The van der Waals surface area contributed by atoms with E-state index < -0.39 is 10.1 Å². The van der Waals surface area contributed by atoms with Gasteiger partial charge in [-0.15, -0.1) is 11.6 Å². The summed E-state index contributed by atoms with van der Waals surface area (Å²) >= 11 is 5.40. The Kier molecular flexibility index (Phi) is 4.44. The molecule has 1 aromatic rings. The van der Waals surface area contributed by atoms with Gasteiger partial charge in [-0.05, 0) is 23.1 Å². The number of halogens is 1. The summed E-state index contributed by atoms with van der Waals surface area (Å²) < 4.78 is 27.9. The van der Waals surface area contributed by atoms with Gasteiger partial charge in [0.2, 0.25) is 0 Å². The van der Waals surface area contributed by atoms with Gasteiger partial charge < -0.3 is 4.18 Å². The molecule has 0 aliphatic carbocycles. The van der Waals surface area contributed by atoms with Gasteiger partial charge >= 0.3 is 10.1 Å². The largest absolute Gasteiger partial charge is 0.382 e. The van der Waals surface area contributed by atoms with Crippen molar-refractivity contribution in [2.75, 3.05) is 11.6 Å². The molecule has 0 saturated carbocycles. The van der Waals surface area contributed by atoms with Crippen LogP contribution in [0.15, 0.2) is 24.3 Å². The van der Waals surface area contributed by atoms with Crippen LogP contribution in [-0.4, -0.2) is 20.1 Å². The van der Waals surface area contributed by atoms with Crippen LogP contribution in [0.5, 0.6) is 5.75 Å². The molecule has 17 heavy (non-hydrogen) atoms. The highest BCUT2D eigenvalue weighted by atomic mass is 35.5. The summed E-state index contributed by atoms with van der Waals surface area (Å²) in [4.78, 5) is 0. The van der Waals surface area contributed by atoms with Crippen LogP contribution >= 0.6 is 11.6 Å². The van der Waals surface area contributed by atoms with Crippen molar-refractivity contribution in [1.82, 2.24) is 0 Å². The number of hydrogen-bond acceptors (Lipinski definition) is 3. The fourth-order valence-corrected chi connectivity index (χ4v) is 2.53. The third-order valence-corrected chi connectivity index (χ3v) is 3.81. The smallest absolute Gasteiger partial charge is 0.310 e. The van der Waals surface area contributed by atoms with Gasteiger partial charge in [-0.3, -0.25) is 0 Å². The lowest BCUT2D eigenvalue weighted by Crippen LogP contribution is -2.16. The van der Waals surface area contributed by atoms with Crippen molar-refractivity contribution in [2.24, 2.45) is 0 Å². The molecule has 1 rings (SSSR count). The molecular formula is C12H17ClO3S. The Hall–Kier alpha value is -0.740. The summed E-state index contributed by atoms with van der Waals surface area (Å²) in [5, 5.41) is 0. The standard InChI is InChI=1S/C12H17ClO3S/c1-12(2,3)10-5-4-6-11(9-10)16-17(14,15)8-7-13/h4-6,9H,7-8H2,1-3H3. The molecule has 0 N–H and O–H groups in total. The zero-order chi connectivity index (χ0) is 13.1. The van der Waals surface area contributed by atoms with Crippen LogP contribution in [0.1, 0.15) is 26.3 Å². The molecule has 5 heteroatoms. The Morgan fingerprint density at radius 1 is 1.29 bits per heavy atom. The van der Waals surface area contributed by atoms with Crippen LogP contribution in [0.4, 0.5) is 0 Å². The lowest BCUT2D eigenvalue weighted by Gasteiger charge is -2.19. The van der Waals surface area contributed by atoms with E-state index in [9.17, 15) is 8.42 Å². The minimum atomic E-state index is -3.58. The summed E-state index contributed by atoms with van der Waals surface area (Å²) in [6.07, 6.45) is 0. The van der Waals surface area contributed by atoms with E-state index in [1.807, 2.05) is 6.07 Å². The Balaban J connectivity index is 2.94. The molecule has 1 aromatic carbocycles. The molecule has 0 heterocycles. The van der Waals surface area contributed by atoms with Gasteiger partial charge in [0.05, 0.1) is 5.75 Å². The first-order valence-corrected chi connectivity index (χ1v) is 7.44. The number of rotatable bonds is 4. The minimum Gasteiger partial charge on any atom is -0.382 e. The van der Waals surface area contributed by atoms with E-state index in [0.717, 1.165) is 5.56 Å². The highest BCUT2D eigenvalue weighted by Crippen LogP contribution is 2.26. The first-order chi connectivity index (χ1) is 7.74. The molecule has 0 saturated heterocycles. The molecule has 0 radical (unpaired) electrons. The fourth-order valence-electron chi connectivity index (χ4n) is 1.30. The Morgan fingerprint density at radius 2 is 1.94 bits per heavy atom. The maximum absolute atomic E-state index is 11.5. The lowest BCUT2D eigenvalue weighted by molar-refractivity contribution is 0.485. The van der Waals surface area contributed by atoms with E-state index >= 15 is 0 Å². The van der Waals surface area contributed by atoms with Gasteiger partial charge in [-0.25, -0.2) is 0 Å². The van der Waals surface area contributed by atoms with E-state index in [1.54, 1.807) is 18.2 Å². The van der Waals surface area contributed by atoms with Crippen molar-refractivity contribution in [1.29, 1.82) is 0 Å². The molecule has 0 aliphatic rings. The van der Waals surface area contributed by atoms with Crippen molar-refractivity contribution in [2.45, 2.75) is 26.2 Å². The monoisotopic (exact) mass is 276 g/mol. The predicted molar refractivity (Wildman–Crippen MR) is 70.3 cm³/mol. The second-order valence-electron chi connectivity index (χ2n) is 4.81. The summed E-state index contributed by atoms with van der Waals surface area (Å²) in [6.45, 7) is 6.16. The van der Waals surface area contributed by atoms with Gasteiger partial charge in [0.25, 0.3) is 0 Å². The van der Waals surface area contributed by atoms with Crippen molar-refractivity contribution < 1.29 is 12.6 Å². The number of alkyl halides is 1. The quantitative estimate of drug-likeness (QED) is 0.627. The van der Waals surface area contributed by atoms with E-state index in [1.165, 1.54) is 0 Å². The average molecular weight is 277 g/mol. The van der Waals surface area contributed by atoms with Crippen LogP contribution in [-0.2, 0) is 15.5 Å². The van der Waals surface area contributed by atoms with Crippen molar-refractivity contribution in [3.63, 3.8) is 0 Å². The molecule has 0 spiro atoms. The highest BCUT2D eigenvalue weighted by Gasteiger charge is 2.16. The van der Waals surface area contributed by atoms with Crippen molar-refractivity contribution in [3.8, 4) is 5.75 Å². The Bertz CT molecular complexity index is 475. The van der Waals surface area contributed by atoms with Crippen molar-refractivity contribution in [3.05, 3.63) is 29.8 Å². The van der Waals surface area contributed by atoms with Gasteiger partial charge in [-0.2, -0.15) is 8.42 Å². The summed E-state index contributed by atoms with van der Waals surface area (Å²) in [5.41, 5.74) is 0.978. The fraction of sp³-hybridized carbons (Fsp3) is 0.500. The lowest BCUT2D eigenvalue weighted by atomic mass is 9.87.